The van der Waals surface area contributed by atoms with E-state index in [9.17, 15) is 5.11 Å². The number of aliphatic hydroxyl groups is 1. The Hall–Kier alpha value is -0.0800. The second-order valence-corrected chi connectivity index (χ2v) is 7.41. The number of hydrogen-bond donors (Lipinski definition) is 2. The summed E-state index contributed by atoms with van der Waals surface area (Å²) in [6.07, 6.45) is 18.1. The zero-order chi connectivity index (χ0) is 14.2. The Kier molecular flexibility index (Phi) is 7.37. The molecule has 2 nitrogen and oxygen atoms in total. The SMILES string of the molecule is NC(CC1CCCCC1)C(O)CCCC1CCCCC1. The zero-order valence-corrected chi connectivity index (χ0v) is 13.2. The van der Waals surface area contributed by atoms with Crippen LogP contribution in [0.3, 0.4) is 0 Å². The van der Waals surface area contributed by atoms with Gasteiger partial charge in [0.2, 0.25) is 0 Å². The Labute approximate surface area is 125 Å². The monoisotopic (exact) mass is 281 g/mol. The molecule has 3 N–H and O–H groups in total. The summed E-state index contributed by atoms with van der Waals surface area (Å²) in [5, 5.41) is 10.3. The van der Waals surface area contributed by atoms with Crippen LogP contribution in [0.4, 0.5) is 0 Å². The van der Waals surface area contributed by atoms with E-state index < -0.39 is 0 Å². The van der Waals surface area contributed by atoms with Crippen molar-refractivity contribution < 1.29 is 5.11 Å². The first-order valence-electron chi connectivity index (χ1n) is 9.19. The third kappa shape index (κ3) is 5.73. The van der Waals surface area contributed by atoms with E-state index in [2.05, 4.69) is 0 Å². The van der Waals surface area contributed by atoms with Gasteiger partial charge in [0, 0.05) is 6.04 Å². The Morgan fingerprint density at radius 3 is 2.00 bits per heavy atom. The van der Waals surface area contributed by atoms with Crippen molar-refractivity contribution in [2.24, 2.45) is 17.6 Å². The highest BCUT2D eigenvalue weighted by Gasteiger charge is 2.22. The molecule has 2 unspecified atom stereocenters. The topological polar surface area (TPSA) is 46.2 Å². The quantitative estimate of drug-likeness (QED) is 0.726. The molecule has 0 radical (unpaired) electrons. The summed E-state index contributed by atoms with van der Waals surface area (Å²) in [6, 6.07) is 0.0180. The summed E-state index contributed by atoms with van der Waals surface area (Å²) in [7, 11) is 0. The molecule has 20 heavy (non-hydrogen) atoms. The van der Waals surface area contributed by atoms with Crippen LogP contribution in [0.1, 0.15) is 89.9 Å². The summed E-state index contributed by atoms with van der Waals surface area (Å²) in [6.45, 7) is 0. The molecular formula is C18H35NO. The van der Waals surface area contributed by atoms with E-state index in [0.717, 1.165) is 24.7 Å². The van der Waals surface area contributed by atoms with Crippen LogP contribution in [0.25, 0.3) is 0 Å². The van der Waals surface area contributed by atoms with Crippen molar-refractivity contribution in [3.63, 3.8) is 0 Å². The molecule has 0 spiro atoms. The molecule has 2 heteroatoms. The van der Waals surface area contributed by atoms with Crippen LogP contribution in [-0.4, -0.2) is 17.3 Å². The van der Waals surface area contributed by atoms with Crippen LogP contribution < -0.4 is 5.73 Å². The van der Waals surface area contributed by atoms with Crippen molar-refractivity contribution in [1.82, 2.24) is 0 Å². The lowest BCUT2D eigenvalue weighted by atomic mass is 9.82. The van der Waals surface area contributed by atoms with Crippen molar-refractivity contribution in [3.05, 3.63) is 0 Å². The average Bonchev–Trinajstić information content (AvgIpc) is 2.49. The van der Waals surface area contributed by atoms with E-state index >= 15 is 0 Å². The molecule has 0 heterocycles. The molecule has 2 fully saturated rings. The Morgan fingerprint density at radius 1 is 0.850 bits per heavy atom. The summed E-state index contributed by atoms with van der Waals surface area (Å²) in [4.78, 5) is 0. The van der Waals surface area contributed by atoms with E-state index in [0.29, 0.717) is 0 Å². The van der Waals surface area contributed by atoms with Crippen LogP contribution in [0.15, 0.2) is 0 Å². The Balaban J connectivity index is 1.56. The number of hydrogen-bond acceptors (Lipinski definition) is 2. The van der Waals surface area contributed by atoms with Gasteiger partial charge in [-0.25, -0.2) is 0 Å². The van der Waals surface area contributed by atoms with Crippen molar-refractivity contribution in [2.45, 2.75) is 102 Å². The lowest BCUT2D eigenvalue weighted by Crippen LogP contribution is -2.36. The van der Waals surface area contributed by atoms with Gasteiger partial charge < -0.3 is 10.8 Å². The second kappa shape index (κ2) is 9.04. The molecule has 0 bridgehead atoms. The predicted octanol–water partition coefficient (Wildman–Crippen LogP) is 4.40. The molecule has 0 aliphatic heterocycles. The van der Waals surface area contributed by atoms with E-state index in [-0.39, 0.29) is 12.1 Å². The van der Waals surface area contributed by atoms with Crippen molar-refractivity contribution >= 4 is 0 Å². The Morgan fingerprint density at radius 2 is 1.40 bits per heavy atom. The van der Waals surface area contributed by atoms with Gasteiger partial charge in [0.1, 0.15) is 0 Å². The summed E-state index contributed by atoms with van der Waals surface area (Å²) < 4.78 is 0. The fourth-order valence-electron chi connectivity index (χ4n) is 4.27. The highest BCUT2D eigenvalue weighted by molar-refractivity contribution is 4.78. The van der Waals surface area contributed by atoms with Crippen molar-refractivity contribution in [1.29, 1.82) is 0 Å². The fourth-order valence-corrected chi connectivity index (χ4v) is 4.27. The largest absolute Gasteiger partial charge is 0.392 e. The first-order chi connectivity index (χ1) is 9.75. The highest BCUT2D eigenvalue weighted by Crippen LogP contribution is 2.30. The fraction of sp³-hybridized carbons (Fsp3) is 1.00. The number of nitrogens with two attached hydrogens (primary N) is 1. The van der Waals surface area contributed by atoms with Gasteiger partial charge in [-0.3, -0.25) is 0 Å². The number of aliphatic hydroxyl groups excluding tert-OH is 1. The predicted molar refractivity (Wildman–Crippen MR) is 85.6 cm³/mol. The van der Waals surface area contributed by atoms with Gasteiger partial charge in [0.05, 0.1) is 6.10 Å². The zero-order valence-electron chi connectivity index (χ0n) is 13.2. The van der Waals surface area contributed by atoms with Gasteiger partial charge in [-0.2, -0.15) is 0 Å². The van der Waals surface area contributed by atoms with Gasteiger partial charge in [-0.05, 0) is 24.7 Å². The minimum atomic E-state index is -0.263. The minimum absolute atomic E-state index is 0.0180. The van der Waals surface area contributed by atoms with Gasteiger partial charge in [0.25, 0.3) is 0 Å². The van der Waals surface area contributed by atoms with Crippen molar-refractivity contribution in [2.75, 3.05) is 0 Å². The maximum atomic E-state index is 10.3. The van der Waals surface area contributed by atoms with E-state index in [1.165, 1.54) is 77.0 Å². The molecule has 0 amide bonds. The third-order valence-electron chi connectivity index (χ3n) is 5.66. The molecule has 2 atom stereocenters. The van der Waals surface area contributed by atoms with Gasteiger partial charge in [-0.1, -0.05) is 77.0 Å². The molecule has 0 aromatic carbocycles. The smallest absolute Gasteiger partial charge is 0.0691 e. The van der Waals surface area contributed by atoms with E-state index in [4.69, 9.17) is 5.73 Å². The van der Waals surface area contributed by atoms with Crippen LogP contribution in [0.2, 0.25) is 0 Å². The van der Waals surface area contributed by atoms with Crippen LogP contribution in [-0.2, 0) is 0 Å². The molecule has 2 aliphatic rings. The first-order valence-corrected chi connectivity index (χ1v) is 9.19. The molecule has 0 aromatic rings. The van der Waals surface area contributed by atoms with Gasteiger partial charge in [0.15, 0.2) is 0 Å². The third-order valence-corrected chi connectivity index (χ3v) is 5.66. The first kappa shape index (κ1) is 16.3. The molecule has 2 rings (SSSR count). The summed E-state index contributed by atoms with van der Waals surface area (Å²) >= 11 is 0. The molecule has 2 saturated carbocycles. The molecule has 0 saturated heterocycles. The summed E-state index contributed by atoms with van der Waals surface area (Å²) in [5.74, 6) is 1.72. The van der Waals surface area contributed by atoms with Crippen LogP contribution in [0.5, 0.6) is 0 Å². The molecule has 2 aliphatic carbocycles. The minimum Gasteiger partial charge on any atom is -0.392 e. The molecule has 0 aromatic heterocycles. The normalized spacial score (nSPS) is 25.5. The maximum absolute atomic E-state index is 10.3. The van der Waals surface area contributed by atoms with Crippen molar-refractivity contribution in [3.8, 4) is 0 Å². The van der Waals surface area contributed by atoms with Crippen LogP contribution >= 0.6 is 0 Å². The van der Waals surface area contributed by atoms with E-state index in [1.807, 2.05) is 0 Å². The van der Waals surface area contributed by atoms with Crippen LogP contribution in [0, 0.1) is 11.8 Å². The maximum Gasteiger partial charge on any atom is 0.0691 e. The molecular weight excluding hydrogens is 246 g/mol. The molecule has 118 valence electrons. The van der Waals surface area contributed by atoms with Gasteiger partial charge >= 0.3 is 0 Å². The summed E-state index contributed by atoms with van der Waals surface area (Å²) in [5.41, 5.74) is 6.22. The standard InChI is InChI=1S/C18H35NO/c19-17(14-16-10-5-2-6-11-16)18(20)13-7-12-15-8-3-1-4-9-15/h15-18,20H,1-14,19H2. The van der Waals surface area contributed by atoms with E-state index in [1.54, 1.807) is 0 Å². The average molecular weight is 281 g/mol. The lowest BCUT2D eigenvalue weighted by Gasteiger charge is -2.27. The Bertz CT molecular complexity index is 244. The highest BCUT2D eigenvalue weighted by atomic mass is 16.3. The number of rotatable bonds is 7. The second-order valence-electron chi connectivity index (χ2n) is 7.41. The lowest BCUT2D eigenvalue weighted by molar-refractivity contribution is 0.113. The van der Waals surface area contributed by atoms with Gasteiger partial charge in [-0.15, -0.1) is 0 Å².